The summed E-state index contributed by atoms with van der Waals surface area (Å²) >= 11 is 10.1. The van der Waals surface area contributed by atoms with Crippen molar-refractivity contribution in [3.05, 3.63) is 49.8 Å². The van der Waals surface area contributed by atoms with Gasteiger partial charge in [0.2, 0.25) is 5.91 Å². The number of thiophene rings is 1. The Labute approximate surface area is 138 Å². The molecule has 1 amide bonds. The molecule has 3 nitrogen and oxygen atoms in total. The van der Waals surface area contributed by atoms with Gasteiger partial charge in [-0.1, -0.05) is 27.5 Å². The van der Waals surface area contributed by atoms with Gasteiger partial charge in [0.05, 0.1) is 14.9 Å². The third-order valence-corrected chi connectivity index (χ3v) is 4.40. The van der Waals surface area contributed by atoms with Gasteiger partial charge in [-0.2, -0.15) is 0 Å². The molecule has 7 heteroatoms. The van der Waals surface area contributed by atoms with Gasteiger partial charge in [0.15, 0.2) is 5.78 Å². The zero-order chi connectivity index (χ0) is 15.4. The van der Waals surface area contributed by atoms with Gasteiger partial charge in [0.25, 0.3) is 0 Å². The first-order chi connectivity index (χ1) is 9.95. The lowest BCUT2D eigenvalue weighted by Gasteiger charge is -2.06. The predicted octanol–water partition coefficient (Wildman–Crippen LogP) is 4.90. The molecule has 0 fully saturated rings. The van der Waals surface area contributed by atoms with Crippen molar-refractivity contribution in [1.82, 2.24) is 0 Å². The number of nitrogens with one attached hydrogen (secondary N) is 1. The van der Waals surface area contributed by atoms with E-state index < -0.39 is 11.7 Å². The van der Waals surface area contributed by atoms with E-state index in [4.69, 9.17) is 11.6 Å². The van der Waals surface area contributed by atoms with Crippen LogP contribution in [0.5, 0.6) is 0 Å². The monoisotopic (exact) mass is 389 g/mol. The summed E-state index contributed by atoms with van der Waals surface area (Å²) in [5, 5.41) is 2.44. The van der Waals surface area contributed by atoms with Gasteiger partial charge in [-0.25, -0.2) is 4.39 Å². The van der Waals surface area contributed by atoms with Crippen molar-refractivity contribution in [3.8, 4) is 0 Å². The summed E-state index contributed by atoms with van der Waals surface area (Å²) in [7, 11) is 0. The minimum Gasteiger partial charge on any atom is -0.324 e. The molecule has 1 heterocycles. The Balaban J connectivity index is 1.89. The Kier molecular flexibility index (Phi) is 5.50. The van der Waals surface area contributed by atoms with Crippen molar-refractivity contribution in [3.63, 3.8) is 0 Å². The molecule has 110 valence electrons. The van der Waals surface area contributed by atoms with Crippen LogP contribution in [0.2, 0.25) is 4.34 Å². The molecule has 0 atom stereocenters. The van der Waals surface area contributed by atoms with Crippen molar-refractivity contribution >= 4 is 56.2 Å². The Morgan fingerprint density at radius 1 is 1.24 bits per heavy atom. The fourth-order valence-corrected chi connectivity index (χ4v) is 2.96. The number of ketones is 1. The van der Waals surface area contributed by atoms with Crippen molar-refractivity contribution in [1.29, 1.82) is 0 Å². The molecule has 1 aromatic heterocycles. The average molecular weight is 391 g/mol. The van der Waals surface area contributed by atoms with Gasteiger partial charge in [-0.05, 0) is 30.3 Å². The number of hydrogen-bond donors (Lipinski definition) is 1. The quantitative estimate of drug-likeness (QED) is 0.738. The third-order valence-electron chi connectivity index (χ3n) is 2.63. The second-order valence-electron chi connectivity index (χ2n) is 4.20. The van der Waals surface area contributed by atoms with E-state index in [9.17, 15) is 14.0 Å². The van der Waals surface area contributed by atoms with Crippen LogP contribution in [0.25, 0.3) is 0 Å². The highest BCUT2D eigenvalue weighted by molar-refractivity contribution is 9.10. The van der Waals surface area contributed by atoms with Crippen LogP contribution in [0.15, 0.2) is 34.8 Å². The molecule has 0 aliphatic heterocycles. The van der Waals surface area contributed by atoms with Crippen molar-refractivity contribution in [2.24, 2.45) is 0 Å². The summed E-state index contributed by atoms with van der Waals surface area (Å²) in [6.45, 7) is 0. The van der Waals surface area contributed by atoms with Crippen LogP contribution in [-0.2, 0) is 4.79 Å². The van der Waals surface area contributed by atoms with Crippen LogP contribution >= 0.6 is 38.9 Å². The molecule has 1 aromatic carbocycles. The molecule has 2 aromatic rings. The maximum absolute atomic E-state index is 13.6. The highest BCUT2D eigenvalue weighted by Gasteiger charge is 2.13. The molecule has 1 N–H and O–H groups in total. The largest absolute Gasteiger partial charge is 0.324 e. The van der Waals surface area contributed by atoms with Crippen LogP contribution < -0.4 is 5.32 Å². The summed E-state index contributed by atoms with van der Waals surface area (Å²) in [5.41, 5.74) is 0.0924. The Morgan fingerprint density at radius 2 is 2.00 bits per heavy atom. The summed E-state index contributed by atoms with van der Waals surface area (Å²) in [6, 6.07) is 7.60. The fourth-order valence-electron chi connectivity index (χ4n) is 1.62. The number of halogens is 3. The Morgan fingerprint density at radius 3 is 2.62 bits per heavy atom. The average Bonchev–Trinajstić information content (AvgIpc) is 2.86. The molecule has 2 rings (SSSR count). The van der Waals surface area contributed by atoms with Crippen LogP contribution in [-0.4, -0.2) is 11.7 Å². The lowest BCUT2D eigenvalue weighted by molar-refractivity contribution is -0.116. The van der Waals surface area contributed by atoms with E-state index in [1.54, 1.807) is 18.2 Å². The molecule has 0 aliphatic carbocycles. The van der Waals surface area contributed by atoms with E-state index in [0.717, 1.165) is 0 Å². The van der Waals surface area contributed by atoms with E-state index >= 15 is 0 Å². The molecule has 0 spiro atoms. The molecule has 0 saturated heterocycles. The molecule has 0 aliphatic rings. The molecule has 0 unspecified atom stereocenters. The molecule has 0 bridgehead atoms. The van der Waals surface area contributed by atoms with Crippen molar-refractivity contribution in [2.75, 3.05) is 5.32 Å². The number of anilines is 1. The van der Waals surface area contributed by atoms with E-state index in [1.165, 1.54) is 23.5 Å². The summed E-state index contributed by atoms with van der Waals surface area (Å²) < 4.78 is 14.7. The van der Waals surface area contributed by atoms with Gasteiger partial charge < -0.3 is 5.32 Å². The number of amides is 1. The van der Waals surface area contributed by atoms with Gasteiger partial charge in [-0.15, -0.1) is 11.3 Å². The van der Waals surface area contributed by atoms with Crippen LogP contribution in [0.1, 0.15) is 22.5 Å². The highest BCUT2D eigenvalue weighted by atomic mass is 79.9. The molecule has 0 saturated carbocycles. The SMILES string of the molecule is O=C(CCC(=O)c1ccc(Cl)s1)Nc1ccc(Br)cc1F. The first kappa shape index (κ1) is 16.1. The standard InChI is InChI=1S/C14H10BrClFNO2S/c15-8-1-2-10(9(17)7-8)18-14(20)6-3-11(19)12-4-5-13(16)21-12/h1-2,4-5,7H,3,6H2,(H,18,20). The second kappa shape index (κ2) is 7.15. The minimum absolute atomic E-state index is 0.0101. The number of carbonyl (C=O) groups excluding carboxylic acids is 2. The van der Waals surface area contributed by atoms with E-state index in [1.807, 2.05) is 0 Å². The van der Waals surface area contributed by atoms with E-state index in [2.05, 4.69) is 21.2 Å². The normalized spacial score (nSPS) is 10.4. The van der Waals surface area contributed by atoms with Crippen LogP contribution in [0, 0.1) is 5.82 Å². The number of rotatable bonds is 5. The molecule has 0 radical (unpaired) electrons. The smallest absolute Gasteiger partial charge is 0.224 e. The van der Waals surface area contributed by atoms with E-state index in [0.29, 0.717) is 13.7 Å². The third kappa shape index (κ3) is 4.62. The van der Waals surface area contributed by atoms with Gasteiger partial charge in [-0.3, -0.25) is 9.59 Å². The predicted molar refractivity (Wildman–Crippen MR) is 85.6 cm³/mol. The maximum atomic E-state index is 13.6. The molecular formula is C14H10BrClFNO2S. The first-order valence-corrected chi connectivity index (χ1v) is 7.98. The summed E-state index contributed by atoms with van der Waals surface area (Å²) in [6.07, 6.45) is 0.0463. The van der Waals surface area contributed by atoms with Crippen LogP contribution in [0.3, 0.4) is 0 Å². The maximum Gasteiger partial charge on any atom is 0.224 e. The van der Waals surface area contributed by atoms with Gasteiger partial charge in [0.1, 0.15) is 5.82 Å². The van der Waals surface area contributed by atoms with Gasteiger partial charge in [0, 0.05) is 17.3 Å². The Hall–Kier alpha value is -1.24. The number of benzene rings is 1. The summed E-state index contributed by atoms with van der Waals surface area (Å²) in [4.78, 5) is 24.1. The molecular weight excluding hydrogens is 381 g/mol. The minimum atomic E-state index is -0.533. The van der Waals surface area contributed by atoms with Crippen molar-refractivity contribution < 1.29 is 14.0 Å². The fraction of sp³-hybridized carbons (Fsp3) is 0.143. The Bertz CT molecular complexity index is 689. The van der Waals surface area contributed by atoms with Gasteiger partial charge >= 0.3 is 0 Å². The van der Waals surface area contributed by atoms with Crippen LogP contribution in [0.4, 0.5) is 10.1 Å². The first-order valence-electron chi connectivity index (χ1n) is 5.99. The topological polar surface area (TPSA) is 46.2 Å². The number of hydrogen-bond acceptors (Lipinski definition) is 3. The van der Waals surface area contributed by atoms with Crippen molar-refractivity contribution in [2.45, 2.75) is 12.8 Å². The lowest BCUT2D eigenvalue weighted by Crippen LogP contribution is -2.14. The molecule has 21 heavy (non-hydrogen) atoms. The second-order valence-corrected chi connectivity index (χ2v) is 6.83. The zero-order valence-electron chi connectivity index (χ0n) is 10.7. The number of carbonyl (C=O) groups is 2. The number of Topliss-reactive ketones (excluding diaryl/α,β-unsaturated/α-hetero) is 1. The summed E-state index contributed by atoms with van der Waals surface area (Å²) in [5.74, 6) is -1.10. The zero-order valence-corrected chi connectivity index (χ0v) is 13.8. The lowest BCUT2D eigenvalue weighted by atomic mass is 10.2. The van der Waals surface area contributed by atoms with E-state index in [-0.39, 0.29) is 24.3 Å². The highest BCUT2D eigenvalue weighted by Crippen LogP contribution is 2.23.